The van der Waals surface area contributed by atoms with Gasteiger partial charge in [-0.3, -0.25) is 9.59 Å². The molecule has 1 N–H and O–H groups in total. The van der Waals surface area contributed by atoms with E-state index in [1.807, 2.05) is 19.1 Å². The molecule has 6 atom stereocenters. The molecular formula is C36H44ClF2N3O5S. The summed E-state index contributed by atoms with van der Waals surface area (Å²) in [6.45, 7) is 3.97. The molecule has 2 fully saturated rings. The summed E-state index contributed by atoms with van der Waals surface area (Å²) < 4.78 is 63.4. The summed E-state index contributed by atoms with van der Waals surface area (Å²) in [6.07, 6.45) is 6.14. The molecule has 0 unspecified atom stereocenters. The van der Waals surface area contributed by atoms with Crippen molar-refractivity contribution in [2.75, 3.05) is 37.7 Å². The monoisotopic (exact) mass is 703 g/mol. The second kappa shape index (κ2) is 12.4. The van der Waals surface area contributed by atoms with Crippen molar-refractivity contribution in [1.29, 1.82) is 0 Å². The number of likely N-dealkylation sites (tertiary alicyclic amines) is 1. The summed E-state index contributed by atoms with van der Waals surface area (Å²) in [7, 11) is -4.01. The number of amides is 2. The van der Waals surface area contributed by atoms with Crippen LogP contribution in [0.2, 0.25) is 5.02 Å². The lowest BCUT2D eigenvalue weighted by atomic mass is 9.64. The van der Waals surface area contributed by atoms with Gasteiger partial charge in [0.25, 0.3) is 11.8 Å². The zero-order valence-electron chi connectivity index (χ0n) is 27.5. The number of aryl methyl sites for hydroxylation is 1. The predicted octanol–water partition coefficient (Wildman–Crippen LogP) is 6.20. The Bertz CT molecular complexity index is 1710. The van der Waals surface area contributed by atoms with Gasteiger partial charge in [0.15, 0.2) is 0 Å². The molecule has 0 aromatic heterocycles. The van der Waals surface area contributed by atoms with E-state index in [1.165, 1.54) is 16.0 Å². The van der Waals surface area contributed by atoms with Crippen LogP contribution in [0.25, 0.3) is 0 Å². The molecule has 12 heteroatoms. The zero-order chi connectivity index (χ0) is 34.0. The molecule has 1 saturated carbocycles. The molecule has 2 amide bonds. The minimum atomic E-state index is -4.01. The number of ether oxygens (including phenoxy) is 1. The van der Waals surface area contributed by atoms with E-state index < -0.39 is 46.1 Å². The molecule has 3 heterocycles. The first-order chi connectivity index (χ1) is 22.8. The summed E-state index contributed by atoms with van der Waals surface area (Å²) in [4.78, 5) is 30.8. The Hall–Kier alpha value is -2.92. The summed E-state index contributed by atoms with van der Waals surface area (Å²) in [5, 5.41) is -0.162. The smallest absolute Gasteiger partial charge is 0.282 e. The number of nitrogens with zero attached hydrogens (tertiary/aromatic N) is 2. The molecule has 1 saturated heterocycles. The fourth-order valence-electron chi connectivity index (χ4n) is 8.79. The van der Waals surface area contributed by atoms with Crippen LogP contribution < -0.4 is 14.4 Å². The Kier molecular flexibility index (Phi) is 8.70. The van der Waals surface area contributed by atoms with Crippen LogP contribution in [0.15, 0.2) is 36.4 Å². The number of sulfonamides is 1. The van der Waals surface area contributed by atoms with Gasteiger partial charge in [0.1, 0.15) is 5.75 Å². The third kappa shape index (κ3) is 6.18. The molecule has 48 heavy (non-hydrogen) atoms. The van der Waals surface area contributed by atoms with Crippen molar-refractivity contribution in [2.45, 2.75) is 81.8 Å². The maximum atomic E-state index is 13.9. The van der Waals surface area contributed by atoms with E-state index in [1.54, 1.807) is 25.1 Å². The standard InChI is InChI=1S/C36H44ClF2N3O5S/c1-22-5-3-7-29(34(44)42-19-36(38,39)20-42)28-11-8-26(28)17-41-18-35(14-4-6-24-15-27(37)10-12-30(24)35)21-47-32-13-9-25(16-31(32)41)33(43)40-48(45,46)23(22)2/h9-10,12-13,15-16,22-23,26,28-29H,3-8,11,14,17-21H2,1-2H3,(H,40,43)/t22-,23+,26-,28+,29+,35-/m0/s1. The summed E-state index contributed by atoms with van der Waals surface area (Å²) in [5.41, 5.74) is 2.98. The fourth-order valence-corrected chi connectivity index (χ4v) is 10.3. The molecule has 8 nitrogen and oxygen atoms in total. The number of rotatable bonds is 1. The molecule has 7 rings (SSSR count). The van der Waals surface area contributed by atoms with Gasteiger partial charge in [0, 0.05) is 35.0 Å². The molecule has 2 aliphatic carbocycles. The normalized spacial score (nSPS) is 32.8. The van der Waals surface area contributed by atoms with Gasteiger partial charge in [-0.2, -0.15) is 0 Å². The first kappa shape index (κ1) is 33.6. The molecule has 260 valence electrons. The maximum absolute atomic E-state index is 13.9. The average Bonchev–Trinajstić information content (AvgIpc) is 3.16. The number of halogens is 3. The lowest BCUT2D eigenvalue weighted by Gasteiger charge is -2.48. The van der Waals surface area contributed by atoms with Gasteiger partial charge in [0.2, 0.25) is 15.9 Å². The Morgan fingerprint density at radius 1 is 1.02 bits per heavy atom. The van der Waals surface area contributed by atoms with Crippen LogP contribution in [-0.2, 0) is 26.7 Å². The predicted molar refractivity (Wildman–Crippen MR) is 180 cm³/mol. The van der Waals surface area contributed by atoms with E-state index in [0.717, 1.165) is 32.1 Å². The molecule has 3 aliphatic heterocycles. The van der Waals surface area contributed by atoms with Gasteiger partial charge in [-0.1, -0.05) is 31.0 Å². The number of carbonyl (C=O) groups excluding carboxylic acids is 2. The molecule has 0 radical (unpaired) electrons. The lowest BCUT2D eigenvalue weighted by molar-refractivity contribution is -0.173. The van der Waals surface area contributed by atoms with Crippen molar-refractivity contribution in [3.8, 4) is 5.75 Å². The van der Waals surface area contributed by atoms with Crippen LogP contribution in [0.1, 0.15) is 80.3 Å². The van der Waals surface area contributed by atoms with Crippen LogP contribution in [0.3, 0.4) is 0 Å². The number of anilines is 1. The van der Waals surface area contributed by atoms with Gasteiger partial charge >= 0.3 is 0 Å². The molecule has 2 aromatic carbocycles. The van der Waals surface area contributed by atoms with Gasteiger partial charge in [-0.15, -0.1) is 0 Å². The second-order valence-electron chi connectivity index (χ2n) is 15.0. The third-order valence-corrected chi connectivity index (χ3v) is 14.1. The Morgan fingerprint density at radius 2 is 1.81 bits per heavy atom. The highest BCUT2D eigenvalue weighted by molar-refractivity contribution is 7.90. The van der Waals surface area contributed by atoms with Gasteiger partial charge in [0.05, 0.1) is 30.6 Å². The number of benzene rings is 2. The highest BCUT2D eigenvalue weighted by atomic mass is 35.5. The summed E-state index contributed by atoms with van der Waals surface area (Å²) in [6, 6.07) is 11.1. The Labute approximate surface area is 286 Å². The van der Waals surface area contributed by atoms with Crippen LogP contribution >= 0.6 is 11.6 Å². The van der Waals surface area contributed by atoms with Gasteiger partial charge in [-0.25, -0.2) is 21.9 Å². The molecular weight excluding hydrogens is 660 g/mol. The molecule has 1 spiro atoms. The zero-order valence-corrected chi connectivity index (χ0v) is 29.1. The van der Waals surface area contributed by atoms with E-state index in [4.69, 9.17) is 16.3 Å². The van der Waals surface area contributed by atoms with E-state index in [-0.39, 0.29) is 34.6 Å². The summed E-state index contributed by atoms with van der Waals surface area (Å²) in [5.74, 6) is -3.67. The number of hydrogen-bond acceptors (Lipinski definition) is 6. The number of carbonyl (C=O) groups is 2. The SMILES string of the molecule is C[C@@H]1[C@@H](C)CCC[C@@H](C(=O)N2CC(F)(F)C2)[C@@H]2CC[C@H]2CN2C[C@@]3(CCCc4cc(Cl)ccc43)COc3ccc(cc32)C(=O)NS1(=O)=O. The van der Waals surface area contributed by atoms with Crippen molar-refractivity contribution in [1.82, 2.24) is 9.62 Å². The van der Waals surface area contributed by atoms with Crippen molar-refractivity contribution >= 4 is 39.1 Å². The van der Waals surface area contributed by atoms with Crippen molar-refractivity contribution in [3.05, 3.63) is 58.1 Å². The van der Waals surface area contributed by atoms with Crippen LogP contribution in [0.5, 0.6) is 5.75 Å². The summed E-state index contributed by atoms with van der Waals surface area (Å²) >= 11 is 6.41. The molecule has 5 aliphatic rings. The number of nitrogens with one attached hydrogen (secondary N) is 1. The largest absolute Gasteiger partial charge is 0.490 e. The van der Waals surface area contributed by atoms with Crippen LogP contribution in [0, 0.1) is 23.7 Å². The number of fused-ring (bicyclic) bond motifs is 4. The Morgan fingerprint density at radius 3 is 2.54 bits per heavy atom. The maximum Gasteiger partial charge on any atom is 0.282 e. The first-order valence-electron chi connectivity index (χ1n) is 17.3. The topological polar surface area (TPSA) is 96.0 Å². The fraction of sp³-hybridized carbons (Fsp3) is 0.611. The van der Waals surface area contributed by atoms with Crippen molar-refractivity contribution in [3.63, 3.8) is 0 Å². The van der Waals surface area contributed by atoms with Crippen molar-refractivity contribution < 1.29 is 31.5 Å². The van der Waals surface area contributed by atoms with E-state index in [0.29, 0.717) is 55.4 Å². The average molecular weight is 704 g/mol. The van der Waals surface area contributed by atoms with Gasteiger partial charge in [-0.05, 0) is 111 Å². The van der Waals surface area contributed by atoms with Gasteiger partial charge < -0.3 is 14.5 Å². The van der Waals surface area contributed by atoms with Crippen LogP contribution in [-0.4, -0.2) is 69.1 Å². The third-order valence-electron chi connectivity index (χ3n) is 11.9. The lowest BCUT2D eigenvalue weighted by Crippen LogP contribution is -2.61. The minimum Gasteiger partial charge on any atom is -0.490 e. The van der Waals surface area contributed by atoms with Crippen LogP contribution in [0.4, 0.5) is 14.5 Å². The number of alkyl halides is 2. The first-order valence-corrected chi connectivity index (χ1v) is 19.2. The molecule has 2 aromatic rings. The Balaban J connectivity index is 1.28. The molecule has 2 bridgehead atoms. The number of hydrogen-bond donors (Lipinski definition) is 1. The quantitative estimate of drug-likeness (QED) is 0.380. The van der Waals surface area contributed by atoms with Crippen molar-refractivity contribution in [2.24, 2.45) is 23.7 Å². The highest BCUT2D eigenvalue weighted by Crippen LogP contribution is 2.48. The van der Waals surface area contributed by atoms with E-state index in [2.05, 4.69) is 15.7 Å². The second-order valence-corrected chi connectivity index (χ2v) is 17.5. The minimum absolute atomic E-state index is 0.0172. The van der Waals surface area contributed by atoms with E-state index in [9.17, 15) is 26.8 Å². The van der Waals surface area contributed by atoms with E-state index >= 15 is 0 Å². The highest BCUT2D eigenvalue weighted by Gasteiger charge is 2.51.